The van der Waals surface area contributed by atoms with E-state index in [-0.39, 0.29) is 112 Å². The van der Waals surface area contributed by atoms with E-state index in [0.717, 1.165) is 0 Å². The normalized spacial score (nSPS) is 35.3. The fraction of sp³-hybridized carbons (Fsp3) is 0.855. The first-order valence-electron chi connectivity index (χ1n) is 31.8. The van der Waals surface area contributed by atoms with Crippen LogP contribution in [-0.2, 0) is 128 Å². The van der Waals surface area contributed by atoms with Crippen molar-refractivity contribution in [1.29, 1.82) is 0 Å². The molecule has 16 N–H and O–H groups in total. The fourth-order valence-electron chi connectivity index (χ4n) is 10.9. The number of aliphatic hydroxyl groups excluding tert-OH is 16. The van der Waals surface area contributed by atoms with Crippen LogP contribution in [0.5, 0.6) is 0 Å². The average molecular weight is 1430 g/mol. The maximum atomic E-state index is 10.5. The van der Waals surface area contributed by atoms with E-state index in [1.54, 1.807) is 24.8 Å². The van der Waals surface area contributed by atoms with Crippen LogP contribution in [-0.4, -0.2) is 388 Å². The zero-order valence-electron chi connectivity index (χ0n) is 53.6. The summed E-state index contributed by atoms with van der Waals surface area (Å²) in [5.74, 6) is 0. The van der Waals surface area contributed by atoms with Crippen molar-refractivity contribution in [1.82, 2.24) is 60.0 Å². The molecule has 0 aromatic carbocycles. The van der Waals surface area contributed by atoms with Crippen LogP contribution in [0.4, 0.5) is 0 Å². The van der Waals surface area contributed by atoms with Gasteiger partial charge in [-0.05, 0) is 0 Å². The van der Waals surface area contributed by atoms with E-state index >= 15 is 0 Å². The van der Waals surface area contributed by atoms with Gasteiger partial charge in [0.25, 0.3) is 0 Å². The fourth-order valence-corrected chi connectivity index (χ4v) is 10.9. The summed E-state index contributed by atoms with van der Waals surface area (Å²) >= 11 is 0. The zero-order valence-corrected chi connectivity index (χ0v) is 53.6. The molecule has 0 amide bonds. The molecule has 0 radical (unpaired) electrons. The van der Waals surface area contributed by atoms with Crippen LogP contribution in [0.15, 0.2) is 24.8 Å². The highest BCUT2D eigenvalue weighted by Gasteiger charge is 2.51. The van der Waals surface area contributed by atoms with Gasteiger partial charge in [0.1, 0.15) is 145 Å². The van der Waals surface area contributed by atoms with E-state index in [0.29, 0.717) is 22.8 Å². The van der Waals surface area contributed by atoms with Crippen LogP contribution in [0.2, 0.25) is 0 Å². The van der Waals surface area contributed by atoms with Crippen molar-refractivity contribution in [3.8, 4) is 0 Å². The highest BCUT2D eigenvalue weighted by Crippen LogP contribution is 2.32. The number of hydrogen-bond donors (Lipinski definition) is 16. The third-order valence-corrected chi connectivity index (χ3v) is 16.5. The smallest absolute Gasteiger partial charge is 0.187 e. The number of nitrogens with zero attached hydrogens (tertiary/aromatic N) is 12. The molecule has 9 heterocycles. The number of aliphatic hydroxyl groups is 16. The summed E-state index contributed by atoms with van der Waals surface area (Å²) < 4.78 is 100. The minimum Gasteiger partial charge on any atom is -0.394 e. The van der Waals surface area contributed by atoms with Gasteiger partial charge < -0.3 is 157 Å². The summed E-state index contributed by atoms with van der Waals surface area (Å²) in [4.78, 5) is 0. The molecule has 44 heteroatoms. The molecule has 4 aromatic heterocycles. The topological polar surface area (TPSA) is 594 Å². The number of rotatable bonds is 40. The Morgan fingerprint density at radius 3 is 0.990 bits per heavy atom. The molecule has 0 bridgehead atoms. The van der Waals surface area contributed by atoms with Crippen molar-refractivity contribution < 1.29 is 157 Å². The van der Waals surface area contributed by atoms with Gasteiger partial charge in [0, 0.05) is 7.11 Å². The van der Waals surface area contributed by atoms with Gasteiger partial charge in [0.2, 0.25) is 0 Å². The molecule has 5 aliphatic rings. The monoisotopic (exact) mass is 1430 g/mol. The lowest BCUT2D eigenvalue weighted by atomic mass is 9.98. The van der Waals surface area contributed by atoms with Gasteiger partial charge in [0.15, 0.2) is 31.5 Å². The maximum absolute atomic E-state index is 10.5. The molecule has 4 aromatic rings. The van der Waals surface area contributed by atoms with E-state index < -0.39 is 180 Å². The Hall–Kier alpha value is -4.72. The molecule has 25 atom stereocenters. The van der Waals surface area contributed by atoms with Crippen molar-refractivity contribution in [2.45, 2.75) is 206 Å². The molecule has 562 valence electrons. The summed E-state index contributed by atoms with van der Waals surface area (Å²) in [5.41, 5.74) is 1.28. The van der Waals surface area contributed by atoms with Gasteiger partial charge in [-0.25, -0.2) is 18.7 Å². The van der Waals surface area contributed by atoms with E-state index in [1.165, 1.54) is 25.8 Å². The first-order chi connectivity index (χ1) is 47.8. The molecule has 5 fully saturated rings. The van der Waals surface area contributed by atoms with Gasteiger partial charge in [-0.3, -0.25) is 0 Å². The van der Waals surface area contributed by atoms with Crippen LogP contribution >= 0.6 is 0 Å². The Kier molecular flexibility index (Phi) is 30.6. The lowest BCUT2D eigenvalue weighted by Crippen LogP contribution is -2.61. The second-order valence-corrected chi connectivity index (χ2v) is 23.5. The van der Waals surface area contributed by atoms with Crippen LogP contribution in [0.25, 0.3) is 0 Å². The highest BCUT2D eigenvalue weighted by molar-refractivity contribution is 4.99. The molecule has 5 saturated heterocycles. The first kappa shape index (κ1) is 78.4. The van der Waals surface area contributed by atoms with Crippen LogP contribution in [0.1, 0.15) is 22.8 Å². The summed E-state index contributed by atoms with van der Waals surface area (Å²) in [6.07, 6.45) is -28.6. The summed E-state index contributed by atoms with van der Waals surface area (Å²) in [5, 5.41) is 194. The van der Waals surface area contributed by atoms with Crippen molar-refractivity contribution in [2.75, 3.05) is 93.0 Å². The standard InChI is InChI=1S/C55H90N12O32/c1-84-55-50(92-23-28-15-67(63-57-28)5-9-90-52-45(81)41(77)37(73)32(19-69)96-52)49(91-22-27-14-66(62-56-27)4-8-89-51-44(80)40(76)36(72)31(18-68)95-51)48(88-13-12-86-7-3-65-17-30(59-61-65)25-94-54-47(83)43(79)39(75)34(21-71)98-54)35(99-55)26-87-11-10-85-6-2-64-16-29(58-60-64)24-93-53-46(82)42(78)38(74)33(20-70)97-53/h14-17,31-55,68-83H,2-13,18-26H2,1H3/t31-,32-,33-,34-,35-,36-,37-,38-,39-,40+,41+,42+,43+,44+,45+,46-,47-,48-,49+,50-,51+,52+,53-,54-,55+/m1/s1. The molecule has 44 nitrogen and oxygen atoms in total. The molecular weight excluding hydrogens is 1340 g/mol. The highest BCUT2D eigenvalue weighted by atomic mass is 16.7. The number of aromatic nitrogens is 12. The van der Waals surface area contributed by atoms with Gasteiger partial charge in [0.05, 0.1) is 163 Å². The molecule has 5 aliphatic heterocycles. The van der Waals surface area contributed by atoms with Crippen molar-refractivity contribution in [3.63, 3.8) is 0 Å². The number of ether oxygens (including phenoxy) is 16. The molecule has 0 saturated carbocycles. The molecular formula is C55H90N12O32. The Morgan fingerprint density at radius 1 is 0.313 bits per heavy atom. The summed E-state index contributed by atoms with van der Waals surface area (Å²) in [6.45, 7) is -2.84. The molecule has 99 heavy (non-hydrogen) atoms. The Labute approximate surface area is 562 Å². The van der Waals surface area contributed by atoms with Gasteiger partial charge >= 0.3 is 0 Å². The number of hydrogen-bond acceptors (Lipinski definition) is 40. The second-order valence-electron chi connectivity index (χ2n) is 23.5. The minimum atomic E-state index is -1.65. The average Bonchev–Trinajstić information content (AvgIpc) is 1.60. The van der Waals surface area contributed by atoms with Crippen molar-refractivity contribution >= 4 is 0 Å². The summed E-state index contributed by atoms with van der Waals surface area (Å²) in [7, 11) is 1.39. The second kappa shape index (κ2) is 38.7. The van der Waals surface area contributed by atoms with E-state index in [2.05, 4.69) is 41.2 Å². The van der Waals surface area contributed by atoms with Crippen LogP contribution in [0, 0.1) is 0 Å². The Morgan fingerprint density at radius 2 is 0.626 bits per heavy atom. The Bertz CT molecular complexity index is 2920. The molecule has 0 aliphatic carbocycles. The first-order valence-corrected chi connectivity index (χ1v) is 31.8. The lowest BCUT2D eigenvalue weighted by Gasteiger charge is -2.45. The lowest BCUT2D eigenvalue weighted by molar-refractivity contribution is -0.322. The third-order valence-electron chi connectivity index (χ3n) is 16.5. The van der Waals surface area contributed by atoms with E-state index in [9.17, 15) is 81.7 Å². The Balaban J connectivity index is 0.837. The largest absolute Gasteiger partial charge is 0.394 e. The molecule has 0 unspecified atom stereocenters. The summed E-state index contributed by atoms with van der Waals surface area (Å²) in [6, 6.07) is 0. The van der Waals surface area contributed by atoms with Crippen molar-refractivity contribution in [2.24, 2.45) is 0 Å². The SMILES string of the molecule is CO[C@H]1O[C@H](COCCOCCn2cc(CO[C@@H]3O[C@H](CO)[C@@H](O)[C@H](O)[C@H]3O)nn2)[C@@H](OCCOCCn2cc(CO[C@@H]3O[C@H](CO)[C@@H](O)[C@H](O)[C@H]3O)nn2)[C@H](OCc2cn(CCO[C@H]3O[C@H](CO)[C@@H](O)[C@H](O)[C@@H]3O)nn2)[C@H]1OCc1cn(CCO[C@H]2O[C@H](CO)[C@@H](O)[C@H](O)[C@@H]2O)nn1. The third kappa shape index (κ3) is 21.0. The predicted molar refractivity (Wildman–Crippen MR) is 312 cm³/mol. The molecule has 9 rings (SSSR count). The van der Waals surface area contributed by atoms with Crippen molar-refractivity contribution in [3.05, 3.63) is 47.6 Å². The van der Waals surface area contributed by atoms with E-state index in [1.807, 2.05) is 0 Å². The van der Waals surface area contributed by atoms with Crippen LogP contribution in [0.3, 0.4) is 0 Å². The maximum Gasteiger partial charge on any atom is 0.187 e. The quantitative estimate of drug-likeness (QED) is 0.0184. The predicted octanol–water partition coefficient (Wildman–Crippen LogP) is -12.0. The van der Waals surface area contributed by atoms with E-state index in [4.69, 9.17) is 75.8 Å². The van der Waals surface area contributed by atoms with Gasteiger partial charge in [-0.2, -0.15) is 0 Å². The van der Waals surface area contributed by atoms with Crippen LogP contribution < -0.4 is 0 Å². The zero-order chi connectivity index (χ0) is 70.7. The van der Waals surface area contributed by atoms with Gasteiger partial charge in [-0.15, -0.1) is 20.4 Å². The number of methoxy groups -OCH3 is 1. The molecule has 0 spiro atoms. The minimum absolute atomic E-state index is 0.00685. The van der Waals surface area contributed by atoms with Gasteiger partial charge in [-0.1, -0.05) is 20.9 Å².